The number of ether oxygens (including phenoxy) is 3. The maximum absolute atomic E-state index is 13.5. The molecule has 0 unspecified atom stereocenters. The summed E-state index contributed by atoms with van der Waals surface area (Å²) in [7, 11) is 2.91. The first-order chi connectivity index (χ1) is 15.8. The van der Waals surface area contributed by atoms with Crippen molar-refractivity contribution in [1.29, 1.82) is 0 Å². The molecule has 1 aliphatic heterocycles. The molecule has 0 fully saturated rings. The van der Waals surface area contributed by atoms with Crippen LogP contribution in [-0.2, 0) is 10.5 Å². The number of carbonyl (C=O) groups is 2. The Morgan fingerprint density at radius 3 is 2.73 bits per heavy atom. The first-order valence-corrected chi connectivity index (χ1v) is 12.1. The van der Waals surface area contributed by atoms with Gasteiger partial charge in [-0.1, -0.05) is 18.5 Å². The number of aromatic nitrogens is 2. The third-order valence-corrected chi connectivity index (χ3v) is 7.41. The Morgan fingerprint density at radius 2 is 2.09 bits per heavy atom. The van der Waals surface area contributed by atoms with Gasteiger partial charge in [-0.2, -0.15) is 11.8 Å². The van der Waals surface area contributed by atoms with Gasteiger partial charge in [0.2, 0.25) is 17.2 Å². The van der Waals surface area contributed by atoms with Gasteiger partial charge in [0.15, 0.2) is 5.75 Å². The van der Waals surface area contributed by atoms with Gasteiger partial charge in [0.25, 0.3) is 0 Å². The third kappa shape index (κ3) is 3.97. The molecule has 0 saturated carbocycles. The summed E-state index contributed by atoms with van der Waals surface area (Å²) >= 11 is 8.17. The number of fused-ring (bicyclic) bond motifs is 1. The molecule has 1 aromatic heterocycles. The molecule has 33 heavy (non-hydrogen) atoms. The highest BCUT2D eigenvalue weighted by molar-refractivity contribution is 7.98. The van der Waals surface area contributed by atoms with Gasteiger partial charge in [-0.3, -0.25) is 9.59 Å². The summed E-state index contributed by atoms with van der Waals surface area (Å²) in [4.78, 5) is 34.1. The highest BCUT2D eigenvalue weighted by atomic mass is 35.5. The van der Waals surface area contributed by atoms with Gasteiger partial charge in [-0.25, -0.2) is 4.98 Å². The zero-order chi connectivity index (χ0) is 23.8. The number of hydrogen-bond acceptors (Lipinski definition) is 8. The van der Waals surface area contributed by atoms with Crippen LogP contribution in [0.2, 0.25) is 5.02 Å². The number of imidazole rings is 1. The Morgan fingerprint density at radius 1 is 1.33 bits per heavy atom. The molecule has 2 heterocycles. The van der Waals surface area contributed by atoms with Crippen molar-refractivity contribution in [3.05, 3.63) is 46.1 Å². The number of hydrogen-bond donors (Lipinski definition) is 2. The minimum Gasteiger partial charge on any atom is -0.496 e. The molecule has 0 radical (unpaired) electrons. The van der Waals surface area contributed by atoms with E-state index in [-0.39, 0.29) is 22.1 Å². The summed E-state index contributed by atoms with van der Waals surface area (Å²) in [5.74, 6) is 1.15. The predicted molar refractivity (Wildman–Crippen MR) is 127 cm³/mol. The van der Waals surface area contributed by atoms with Gasteiger partial charge in [0, 0.05) is 47.5 Å². The first kappa shape index (κ1) is 23.5. The number of ketones is 2. The average molecular weight is 492 g/mol. The molecule has 2 atom stereocenters. The van der Waals surface area contributed by atoms with E-state index in [4.69, 9.17) is 25.8 Å². The maximum atomic E-state index is 13.5. The molecule has 4 rings (SSSR count). The number of aryl methyl sites for hydroxylation is 1. The molecule has 0 amide bonds. The molecule has 176 valence electrons. The van der Waals surface area contributed by atoms with E-state index in [1.165, 1.54) is 26.4 Å². The van der Waals surface area contributed by atoms with Crippen LogP contribution in [0.25, 0.3) is 0 Å². The van der Waals surface area contributed by atoms with E-state index in [0.29, 0.717) is 18.7 Å². The number of Topliss-reactive ketones (excluding diaryl/α,β-unsaturated/α-hetero) is 1. The van der Waals surface area contributed by atoms with E-state index >= 15 is 0 Å². The van der Waals surface area contributed by atoms with E-state index in [2.05, 4.69) is 15.3 Å². The molecule has 2 aromatic rings. The number of nitrogens with zero attached hydrogens (tertiary/aromatic N) is 1. The third-order valence-electron chi connectivity index (χ3n) is 6.08. The summed E-state index contributed by atoms with van der Waals surface area (Å²) < 4.78 is 16.7. The van der Waals surface area contributed by atoms with Crippen molar-refractivity contribution >= 4 is 34.9 Å². The van der Waals surface area contributed by atoms with E-state index in [0.717, 1.165) is 28.6 Å². The van der Waals surface area contributed by atoms with Crippen LogP contribution < -0.4 is 19.5 Å². The summed E-state index contributed by atoms with van der Waals surface area (Å²) in [5, 5.41) is 3.47. The Balaban J connectivity index is 1.47. The lowest BCUT2D eigenvalue weighted by Crippen LogP contribution is -2.55. The number of allylic oxidation sites excluding steroid dienone is 1. The number of thioether (sulfide) groups is 1. The van der Waals surface area contributed by atoms with Crippen molar-refractivity contribution < 1.29 is 23.8 Å². The molecule has 1 aromatic carbocycles. The molecular formula is C23H26ClN3O5S. The van der Waals surface area contributed by atoms with Gasteiger partial charge < -0.3 is 24.5 Å². The number of halogens is 1. The van der Waals surface area contributed by atoms with Gasteiger partial charge in [-0.05, 0) is 13.3 Å². The Bertz CT molecular complexity index is 1130. The van der Waals surface area contributed by atoms with Gasteiger partial charge in [0.05, 0.1) is 26.2 Å². The van der Waals surface area contributed by atoms with Crippen molar-refractivity contribution in [3.8, 4) is 17.2 Å². The average Bonchev–Trinajstić information content (AvgIpc) is 3.34. The number of benzene rings is 1. The minimum absolute atomic E-state index is 0.132. The summed E-state index contributed by atoms with van der Waals surface area (Å²) in [5.41, 5.74) is 1.44. The van der Waals surface area contributed by atoms with Crippen molar-refractivity contribution in [2.75, 3.05) is 26.5 Å². The molecule has 10 heteroatoms. The van der Waals surface area contributed by atoms with E-state index in [1.807, 2.05) is 13.8 Å². The summed E-state index contributed by atoms with van der Waals surface area (Å²) in [6, 6.07) is 1.53. The largest absolute Gasteiger partial charge is 0.496 e. The normalized spacial score (nSPS) is 21.6. The highest BCUT2D eigenvalue weighted by Gasteiger charge is 2.60. The van der Waals surface area contributed by atoms with Crippen molar-refractivity contribution in [2.45, 2.75) is 31.6 Å². The Kier molecular flexibility index (Phi) is 6.63. The van der Waals surface area contributed by atoms with Gasteiger partial charge in [-0.15, -0.1) is 0 Å². The second-order valence-electron chi connectivity index (χ2n) is 8.06. The SMILES string of the molecule is COc1cc(OC)c2c(c1Cl)O[C@@]1(C(=O)C=C(NCCSCc3nc[nH]c3C)C[C@H]1C)C2=O. The number of H-pyrrole nitrogens is 1. The molecule has 0 bridgehead atoms. The number of rotatable bonds is 8. The van der Waals surface area contributed by atoms with Crippen LogP contribution in [0.1, 0.15) is 35.1 Å². The molecule has 8 nitrogen and oxygen atoms in total. The van der Waals surface area contributed by atoms with Crippen molar-refractivity contribution in [3.63, 3.8) is 0 Å². The number of aromatic amines is 1. The zero-order valence-corrected chi connectivity index (χ0v) is 20.5. The van der Waals surface area contributed by atoms with E-state index in [1.54, 1.807) is 18.1 Å². The van der Waals surface area contributed by atoms with Crippen LogP contribution >= 0.6 is 23.4 Å². The van der Waals surface area contributed by atoms with E-state index in [9.17, 15) is 9.59 Å². The molecular weight excluding hydrogens is 466 g/mol. The van der Waals surface area contributed by atoms with Crippen LogP contribution in [0.4, 0.5) is 0 Å². The topological polar surface area (TPSA) is 103 Å². The van der Waals surface area contributed by atoms with Crippen LogP contribution in [-0.4, -0.2) is 53.7 Å². The number of carbonyl (C=O) groups excluding carboxylic acids is 2. The van der Waals surface area contributed by atoms with E-state index < -0.39 is 23.1 Å². The van der Waals surface area contributed by atoms with Crippen LogP contribution in [0.15, 0.2) is 24.2 Å². The number of methoxy groups -OCH3 is 2. The lowest BCUT2D eigenvalue weighted by atomic mass is 9.74. The molecule has 0 saturated heterocycles. The lowest BCUT2D eigenvalue weighted by molar-refractivity contribution is -0.129. The van der Waals surface area contributed by atoms with Gasteiger partial charge in [0.1, 0.15) is 22.1 Å². The van der Waals surface area contributed by atoms with Crippen LogP contribution in [0.5, 0.6) is 17.2 Å². The standard InChI is InChI=1S/C23H26ClN3O5S/c1-12-7-14(25-5-6-33-10-15-13(2)26-11-27-15)8-18(28)23(12)22(29)19-16(30-3)9-17(31-4)20(24)21(19)32-23/h8-9,11-12,25H,5-7,10H2,1-4H3,(H,26,27)/t12-,23+/m1/s1. The predicted octanol–water partition coefficient (Wildman–Crippen LogP) is 3.72. The lowest BCUT2D eigenvalue weighted by Gasteiger charge is -2.35. The molecule has 2 N–H and O–H groups in total. The first-order valence-electron chi connectivity index (χ1n) is 10.6. The molecule has 2 aliphatic rings. The Hall–Kier alpha value is -2.65. The van der Waals surface area contributed by atoms with Gasteiger partial charge >= 0.3 is 0 Å². The fourth-order valence-electron chi connectivity index (χ4n) is 4.24. The highest BCUT2D eigenvalue weighted by Crippen LogP contribution is 2.52. The molecule has 1 aliphatic carbocycles. The summed E-state index contributed by atoms with van der Waals surface area (Å²) in [6.07, 6.45) is 3.66. The fraction of sp³-hybridized carbons (Fsp3) is 0.435. The maximum Gasteiger partial charge on any atom is 0.236 e. The minimum atomic E-state index is -1.65. The van der Waals surface area contributed by atoms with Crippen LogP contribution in [0, 0.1) is 12.8 Å². The second-order valence-corrected chi connectivity index (χ2v) is 9.54. The quantitative estimate of drug-likeness (QED) is 0.425. The Labute approximate surface area is 201 Å². The van der Waals surface area contributed by atoms with Crippen molar-refractivity contribution in [1.82, 2.24) is 15.3 Å². The zero-order valence-electron chi connectivity index (χ0n) is 18.9. The monoisotopic (exact) mass is 491 g/mol. The summed E-state index contributed by atoms with van der Waals surface area (Å²) in [6.45, 7) is 4.53. The smallest absolute Gasteiger partial charge is 0.236 e. The fourth-order valence-corrected chi connectivity index (χ4v) is 5.38. The van der Waals surface area contributed by atoms with Crippen molar-refractivity contribution in [2.24, 2.45) is 5.92 Å². The van der Waals surface area contributed by atoms with Crippen LogP contribution in [0.3, 0.4) is 0 Å². The second kappa shape index (κ2) is 9.30. The number of nitrogens with one attached hydrogen (secondary N) is 2. The molecule has 1 spiro atoms.